The van der Waals surface area contributed by atoms with Crippen molar-refractivity contribution in [2.45, 2.75) is 25.7 Å². The van der Waals surface area contributed by atoms with E-state index in [1.807, 2.05) is 12.2 Å². The zero-order valence-corrected chi connectivity index (χ0v) is 16.6. The summed E-state index contributed by atoms with van der Waals surface area (Å²) in [6.07, 6.45) is 4.99. The smallest absolute Gasteiger partial charge is 0.308 e. The van der Waals surface area contributed by atoms with Crippen molar-refractivity contribution in [2.24, 2.45) is 11.8 Å². The second-order valence-electron chi connectivity index (χ2n) is 7.79. The van der Waals surface area contributed by atoms with Crippen LogP contribution in [0.4, 0.5) is 5.69 Å². The summed E-state index contributed by atoms with van der Waals surface area (Å²) in [5.41, 5.74) is 1.90. The number of likely N-dealkylation sites (tertiary alicyclic amines) is 1. The van der Waals surface area contributed by atoms with Gasteiger partial charge in [0, 0.05) is 24.8 Å². The van der Waals surface area contributed by atoms with Crippen LogP contribution in [0.2, 0.25) is 0 Å². The molecule has 3 amide bonds. The number of amides is 3. The van der Waals surface area contributed by atoms with Gasteiger partial charge in [-0.3, -0.25) is 28.9 Å². The first-order valence-electron chi connectivity index (χ1n) is 9.95. The summed E-state index contributed by atoms with van der Waals surface area (Å²) >= 11 is 0. The van der Waals surface area contributed by atoms with Crippen LogP contribution in [0.3, 0.4) is 0 Å². The molecule has 1 aliphatic carbocycles. The largest absolute Gasteiger partial charge is 0.457 e. The number of ether oxygens (including phenoxy) is 1. The molecule has 0 bridgehead atoms. The van der Waals surface area contributed by atoms with E-state index >= 15 is 0 Å². The minimum atomic E-state index is -0.645. The summed E-state index contributed by atoms with van der Waals surface area (Å²) in [6, 6.07) is 4.94. The molecule has 1 saturated heterocycles. The Morgan fingerprint density at radius 3 is 2.40 bits per heavy atom. The second-order valence-corrected chi connectivity index (χ2v) is 7.79. The van der Waals surface area contributed by atoms with Gasteiger partial charge in [-0.25, -0.2) is 0 Å². The minimum Gasteiger partial charge on any atom is -0.457 e. The number of rotatable bonds is 6. The molecule has 0 saturated carbocycles. The van der Waals surface area contributed by atoms with Crippen LogP contribution in [0, 0.1) is 11.8 Å². The molecule has 156 valence electrons. The van der Waals surface area contributed by atoms with Gasteiger partial charge in [-0.1, -0.05) is 12.2 Å². The number of anilines is 1. The van der Waals surface area contributed by atoms with Gasteiger partial charge in [0.25, 0.3) is 0 Å². The predicted molar refractivity (Wildman–Crippen MR) is 106 cm³/mol. The van der Waals surface area contributed by atoms with Crippen molar-refractivity contribution in [3.8, 4) is 0 Å². The molecule has 1 aromatic rings. The quantitative estimate of drug-likeness (QED) is 0.303. The van der Waals surface area contributed by atoms with E-state index in [0.717, 1.165) is 16.2 Å². The molecule has 0 N–H and O–H groups in total. The number of hydrogen-bond donors (Lipinski definition) is 0. The number of allylic oxidation sites excluding steroid dienone is 2. The highest BCUT2D eigenvalue weighted by molar-refractivity contribution is 6.06. The molecule has 8 nitrogen and oxygen atoms in total. The standard InChI is InChI=1S/C22H22N2O6/c1-23-17-7-6-13(10-14(17)11-19(23)26)18(25)12-30-20(27)8-9-24-21(28)15-4-2-3-5-16(15)22(24)29/h2-3,6-7,10,15-16H,4-5,8-9,11-12H2,1H3/t15-,16+. The van der Waals surface area contributed by atoms with E-state index in [1.54, 1.807) is 25.2 Å². The Kier molecular flexibility index (Phi) is 5.24. The number of fused-ring (bicyclic) bond motifs is 2. The van der Waals surface area contributed by atoms with Gasteiger partial charge in [-0.05, 0) is 36.6 Å². The highest BCUT2D eigenvalue weighted by atomic mass is 16.5. The number of nitrogens with zero attached hydrogens (tertiary/aromatic N) is 2. The molecule has 1 aromatic carbocycles. The fourth-order valence-corrected chi connectivity index (χ4v) is 4.24. The summed E-state index contributed by atoms with van der Waals surface area (Å²) < 4.78 is 5.04. The maximum Gasteiger partial charge on any atom is 0.308 e. The molecular weight excluding hydrogens is 388 g/mol. The summed E-state index contributed by atoms with van der Waals surface area (Å²) in [4.78, 5) is 63.6. The number of carbonyl (C=O) groups excluding carboxylic acids is 5. The van der Waals surface area contributed by atoms with Crippen molar-refractivity contribution in [2.75, 3.05) is 25.1 Å². The SMILES string of the molecule is CN1C(=O)Cc2cc(C(=O)COC(=O)CCN3C(=O)[C@H]4CC=CC[C@H]4C3=O)ccc21. The Bertz CT molecular complexity index is 956. The van der Waals surface area contributed by atoms with E-state index in [0.29, 0.717) is 18.4 Å². The van der Waals surface area contributed by atoms with Crippen molar-refractivity contribution in [1.29, 1.82) is 0 Å². The molecular formula is C22H22N2O6. The molecule has 0 radical (unpaired) electrons. The lowest BCUT2D eigenvalue weighted by molar-refractivity contribution is -0.145. The van der Waals surface area contributed by atoms with Gasteiger partial charge < -0.3 is 9.64 Å². The third kappa shape index (κ3) is 3.53. The van der Waals surface area contributed by atoms with E-state index < -0.39 is 12.6 Å². The van der Waals surface area contributed by atoms with E-state index in [4.69, 9.17) is 4.74 Å². The number of Topliss-reactive ketones (excluding diaryl/α,β-unsaturated/α-hetero) is 1. The van der Waals surface area contributed by atoms with Gasteiger partial charge in [0.2, 0.25) is 17.7 Å². The predicted octanol–water partition coefficient (Wildman–Crippen LogP) is 1.27. The van der Waals surface area contributed by atoms with E-state index in [1.165, 1.54) is 4.90 Å². The van der Waals surface area contributed by atoms with E-state index in [2.05, 4.69) is 0 Å². The first kappa shape index (κ1) is 20.0. The average Bonchev–Trinajstić information content (AvgIpc) is 3.17. The highest BCUT2D eigenvalue weighted by Gasteiger charge is 2.46. The normalized spacial score (nSPS) is 22.4. The van der Waals surface area contributed by atoms with Gasteiger partial charge in [-0.15, -0.1) is 0 Å². The minimum absolute atomic E-state index is 0.0367. The highest BCUT2D eigenvalue weighted by Crippen LogP contribution is 2.35. The molecule has 2 aliphatic heterocycles. The maximum atomic E-state index is 12.4. The van der Waals surface area contributed by atoms with Crippen LogP contribution < -0.4 is 4.90 Å². The molecule has 0 unspecified atom stereocenters. The number of esters is 1. The molecule has 1 fully saturated rings. The molecule has 2 atom stereocenters. The molecule has 0 aromatic heterocycles. The summed E-state index contributed by atoms with van der Waals surface area (Å²) in [5, 5.41) is 0. The number of imide groups is 1. The number of ketones is 1. The van der Waals surface area contributed by atoms with Crippen LogP contribution in [0.25, 0.3) is 0 Å². The maximum absolute atomic E-state index is 12.4. The van der Waals surface area contributed by atoms with Crippen LogP contribution in [-0.4, -0.2) is 54.6 Å². The Morgan fingerprint density at radius 2 is 1.73 bits per heavy atom. The lowest BCUT2D eigenvalue weighted by atomic mass is 9.85. The van der Waals surface area contributed by atoms with Gasteiger partial charge in [0.15, 0.2) is 12.4 Å². The van der Waals surface area contributed by atoms with Gasteiger partial charge in [-0.2, -0.15) is 0 Å². The van der Waals surface area contributed by atoms with Crippen molar-refractivity contribution in [1.82, 2.24) is 4.90 Å². The molecule has 8 heteroatoms. The Labute approximate surface area is 173 Å². The van der Waals surface area contributed by atoms with Crippen molar-refractivity contribution < 1.29 is 28.7 Å². The molecule has 4 rings (SSSR count). The van der Waals surface area contributed by atoms with Crippen LogP contribution >= 0.6 is 0 Å². The zero-order valence-electron chi connectivity index (χ0n) is 16.6. The Balaban J connectivity index is 1.28. The number of likely N-dealkylation sites (N-methyl/N-ethyl adjacent to an activating group) is 1. The van der Waals surface area contributed by atoms with Gasteiger partial charge in [0.1, 0.15) is 0 Å². The van der Waals surface area contributed by atoms with Gasteiger partial charge in [0.05, 0.1) is 24.7 Å². The molecule has 0 spiro atoms. The summed E-state index contributed by atoms with van der Waals surface area (Å²) in [7, 11) is 1.68. The van der Waals surface area contributed by atoms with E-state index in [9.17, 15) is 24.0 Å². The third-order valence-corrected chi connectivity index (χ3v) is 5.98. The lowest BCUT2D eigenvalue weighted by Gasteiger charge is -2.14. The van der Waals surface area contributed by atoms with E-state index in [-0.39, 0.29) is 54.7 Å². The number of hydrogen-bond acceptors (Lipinski definition) is 6. The third-order valence-electron chi connectivity index (χ3n) is 5.98. The second kappa shape index (κ2) is 7.85. The summed E-state index contributed by atoms with van der Waals surface area (Å²) in [5.74, 6) is -2.20. The molecule has 3 aliphatic rings. The Hall–Kier alpha value is -3.29. The summed E-state index contributed by atoms with van der Waals surface area (Å²) in [6.45, 7) is -0.469. The Morgan fingerprint density at radius 1 is 1.07 bits per heavy atom. The zero-order chi connectivity index (χ0) is 21.4. The van der Waals surface area contributed by atoms with Crippen LogP contribution in [0.5, 0.6) is 0 Å². The lowest BCUT2D eigenvalue weighted by Crippen LogP contribution is -2.33. The monoisotopic (exact) mass is 410 g/mol. The van der Waals surface area contributed by atoms with Crippen molar-refractivity contribution in [3.63, 3.8) is 0 Å². The fraction of sp³-hybridized carbons (Fsp3) is 0.409. The van der Waals surface area contributed by atoms with Crippen molar-refractivity contribution in [3.05, 3.63) is 41.5 Å². The molecule has 2 heterocycles. The topological polar surface area (TPSA) is 101 Å². The van der Waals surface area contributed by atoms with Crippen LogP contribution in [0.1, 0.15) is 35.2 Å². The fourth-order valence-electron chi connectivity index (χ4n) is 4.24. The molecule has 30 heavy (non-hydrogen) atoms. The average molecular weight is 410 g/mol. The van der Waals surface area contributed by atoms with Crippen LogP contribution in [-0.2, 0) is 30.3 Å². The van der Waals surface area contributed by atoms with Gasteiger partial charge >= 0.3 is 5.97 Å². The van der Waals surface area contributed by atoms with Crippen LogP contribution in [0.15, 0.2) is 30.4 Å². The number of carbonyl (C=O) groups is 5. The van der Waals surface area contributed by atoms with Crippen molar-refractivity contribution >= 4 is 35.2 Å². The number of benzene rings is 1. The first-order valence-corrected chi connectivity index (χ1v) is 9.95. The first-order chi connectivity index (χ1) is 14.4.